The molecule has 8 atom stereocenters. The van der Waals surface area contributed by atoms with Gasteiger partial charge in [0, 0.05) is 48.2 Å². The Morgan fingerprint density at radius 1 is 1.07 bits per heavy atom. The maximum Gasteiger partial charge on any atom is 0.330 e. The van der Waals surface area contributed by atoms with E-state index in [1.54, 1.807) is 6.92 Å². The van der Waals surface area contributed by atoms with Gasteiger partial charge < -0.3 is 41.8 Å². The predicted molar refractivity (Wildman–Crippen MR) is 222 cm³/mol. The molecule has 0 radical (unpaired) electrons. The van der Waals surface area contributed by atoms with E-state index in [-0.39, 0.29) is 42.5 Å². The van der Waals surface area contributed by atoms with E-state index in [0.29, 0.717) is 13.0 Å². The molecule has 2 aliphatic heterocycles. The minimum atomic E-state index is -1.29. The second-order valence-electron chi connectivity index (χ2n) is 18.2. The molecule has 0 bridgehead atoms. The van der Waals surface area contributed by atoms with Gasteiger partial charge in [0.2, 0.25) is 11.8 Å². The van der Waals surface area contributed by atoms with Crippen molar-refractivity contribution in [3.8, 4) is 0 Å². The number of carbonyl (C=O) groups excluding carboxylic acids is 5. The standard InChI is InChI=1S/C42H58N10O9/c1-23-34(36(57)51(52(23)33(55)19-43)21-25-17-31(53)37(61-25)50-15-14-32(54)47-40(50)60)48-35(56)30(16-24-10-6-5-7-11-24)46-39(59)49-42(38(58)45-22-41(2,3)4)18-28(42)27-20-44-29-13-9-8-12-26(27)29/h8-9,12-15,20,23-25,28,30-31,34,37,44,53H,5-7,10-11,16-19,21-22,43H2,1-4H3,(H,45,58)(H,48,56)(H2,46,49,59)(H,47,54,60)/t23-,25+,28?,30-,31+,34-,37+,42?/m0/s1. The number of nitrogens with two attached hydrogens (primary N) is 1. The molecule has 4 aliphatic rings. The fourth-order valence-corrected chi connectivity index (χ4v) is 9.18. The average molecular weight is 847 g/mol. The zero-order valence-corrected chi connectivity index (χ0v) is 35.1. The number of aliphatic hydroxyl groups is 1. The van der Waals surface area contributed by atoms with Gasteiger partial charge in [0.1, 0.15) is 23.7 Å². The number of fused-ring (bicyclic) bond motifs is 1. The normalized spacial score (nSPS) is 27.2. The Hall–Kier alpha value is -5.53. The topological polar surface area (TPSA) is 266 Å². The van der Waals surface area contributed by atoms with Gasteiger partial charge in [0.05, 0.1) is 25.2 Å². The Morgan fingerprint density at radius 3 is 2.51 bits per heavy atom. The van der Waals surface area contributed by atoms with Crippen LogP contribution < -0.4 is 38.2 Å². The summed E-state index contributed by atoms with van der Waals surface area (Å²) in [6.07, 6.45) is 5.21. The number of aromatic nitrogens is 3. The number of hydrogen-bond acceptors (Lipinski definition) is 10. The summed E-state index contributed by atoms with van der Waals surface area (Å²) in [5.41, 5.74) is 4.66. The lowest BCUT2D eigenvalue weighted by atomic mass is 9.84. The Morgan fingerprint density at radius 2 is 1.80 bits per heavy atom. The lowest BCUT2D eigenvalue weighted by Crippen LogP contribution is -2.59. The number of aromatic amines is 2. The number of rotatable bonds is 13. The molecule has 2 aliphatic carbocycles. The maximum atomic E-state index is 14.4. The lowest BCUT2D eigenvalue weighted by Gasteiger charge is -2.32. The monoisotopic (exact) mass is 846 g/mol. The molecular weight excluding hydrogens is 789 g/mol. The molecule has 19 nitrogen and oxygen atoms in total. The smallest absolute Gasteiger partial charge is 0.330 e. The summed E-state index contributed by atoms with van der Waals surface area (Å²) >= 11 is 0. The quantitative estimate of drug-likeness (QED) is 0.120. The van der Waals surface area contributed by atoms with Crippen LogP contribution in [0.15, 0.2) is 52.3 Å². The van der Waals surface area contributed by atoms with Gasteiger partial charge in [-0.25, -0.2) is 19.6 Å². The first kappa shape index (κ1) is 43.6. The minimum Gasteiger partial charge on any atom is -0.388 e. The van der Waals surface area contributed by atoms with Crippen molar-refractivity contribution in [2.24, 2.45) is 17.1 Å². The molecule has 2 saturated carbocycles. The molecular formula is C42H58N10O9. The van der Waals surface area contributed by atoms with Gasteiger partial charge in [0.15, 0.2) is 6.23 Å². The number of amides is 6. The molecule has 2 aromatic heterocycles. The van der Waals surface area contributed by atoms with Crippen molar-refractivity contribution >= 4 is 40.6 Å². The van der Waals surface area contributed by atoms with E-state index >= 15 is 0 Å². The van der Waals surface area contributed by atoms with Crippen LogP contribution in [-0.2, 0) is 23.9 Å². The molecule has 6 amide bonds. The Bertz CT molecular complexity index is 2260. The minimum absolute atomic E-state index is 0.0184. The van der Waals surface area contributed by atoms with E-state index in [1.807, 2.05) is 51.2 Å². The average Bonchev–Trinajstić information content (AvgIpc) is 3.45. The van der Waals surface area contributed by atoms with Crippen LogP contribution in [0.25, 0.3) is 10.9 Å². The molecule has 61 heavy (non-hydrogen) atoms. The summed E-state index contributed by atoms with van der Waals surface area (Å²) in [6, 6.07) is 4.91. The van der Waals surface area contributed by atoms with Crippen LogP contribution >= 0.6 is 0 Å². The Labute approximate surface area is 352 Å². The molecule has 2 saturated heterocycles. The zero-order chi connectivity index (χ0) is 43.8. The van der Waals surface area contributed by atoms with E-state index < -0.39 is 83.6 Å². The van der Waals surface area contributed by atoms with Crippen molar-refractivity contribution in [3.05, 3.63) is 69.1 Å². The fourth-order valence-electron chi connectivity index (χ4n) is 9.18. The highest BCUT2D eigenvalue weighted by molar-refractivity contribution is 5.99. The van der Waals surface area contributed by atoms with E-state index in [9.17, 15) is 38.7 Å². The number of H-pyrrole nitrogens is 2. The fraction of sp³-hybridized carbons (Fsp3) is 0.595. The summed E-state index contributed by atoms with van der Waals surface area (Å²) in [7, 11) is 0. The number of nitrogens with zero attached hydrogens (tertiary/aromatic N) is 3. The number of carbonyl (C=O) groups is 5. The number of urea groups is 1. The number of aliphatic hydroxyl groups excluding tert-OH is 1. The van der Waals surface area contributed by atoms with Crippen LogP contribution in [0, 0.1) is 11.3 Å². The van der Waals surface area contributed by atoms with Gasteiger partial charge in [-0.1, -0.05) is 71.1 Å². The lowest BCUT2D eigenvalue weighted by molar-refractivity contribution is -0.159. The second kappa shape index (κ2) is 17.4. The summed E-state index contributed by atoms with van der Waals surface area (Å²) in [6.45, 7) is 7.30. The largest absolute Gasteiger partial charge is 0.388 e. The van der Waals surface area contributed by atoms with Gasteiger partial charge >= 0.3 is 11.7 Å². The highest BCUT2D eigenvalue weighted by atomic mass is 16.5. The number of para-hydroxylation sites is 1. The highest BCUT2D eigenvalue weighted by Gasteiger charge is 2.62. The molecule has 3 aromatic rings. The van der Waals surface area contributed by atoms with Crippen LogP contribution in [0.5, 0.6) is 0 Å². The molecule has 2 unspecified atom stereocenters. The maximum absolute atomic E-state index is 14.4. The molecule has 4 heterocycles. The number of hydrogen-bond donors (Lipinski definition) is 8. The van der Waals surface area contributed by atoms with Crippen molar-refractivity contribution < 1.29 is 33.8 Å². The number of hydrazine groups is 1. The van der Waals surface area contributed by atoms with Gasteiger partial charge in [-0.3, -0.25) is 33.5 Å². The first-order valence-corrected chi connectivity index (χ1v) is 21.2. The van der Waals surface area contributed by atoms with Crippen molar-refractivity contribution in [3.63, 3.8) is 0 Å². The SMILES string of the molecule is C[C@H]1[C@H](NC(=O)[C@H](CC2CCCCC2)NC(=O)NC2(C(=O)NCC(C)(C)C)CC2c2c[nH]c3ccccc23)C(=O)N(C[C@H]2C[C@@H](O)[C@H](n3ccc(=O)[nH]c3=O)O2)N1C(=O)CN. The van der Waals surface area contributed by atoms with Gasteiger partial charge in [-0.15, -0.1) is 0 Å². The molecule has 0 spiro atoms. The molecule has 330 valence electrons. The van der Waals surface area contributed by atoms with Gasteiger partial charge in [0.25, 0.3) is 17.4 Å². The molecule has 7 rings (SSSR count). The summed E-state index contributed by atoms with van der Waals surface area (Å²) in [5, 5.41) is 25.8. The first-order chi connectivity index (χ1) is 29.0. The number of benzene rings is 1. The first-order valence-electron chi connectivity index (χ1n) is 21.2. The van der Waals surface area contributed by atoms with Crippen molar-refractivity contribution in [1.82, 2.24) is 45.8 Å². The summed E-state index contributed by atoms with van der Waals surface area (Å²) in [4.78, 5) is 99.4. The van der Waals surface area contributed by atoms with Crippen LogP contribution in [0.1, 0.15) is 96.8 Å². The van der Waals surface area contributed by atoms with Crippen molar-refractivity contribution in [2.45, 2.75) is 127 Å². The molecule has 4 fully saturated rings. The van der Waals surface area contributed by atoms with Crippen LogP contribution in [-0.4, -0.2) is 115 Å². The number of nitrogens with one attached hydrogen (secondary N) is 6. The summed E-state index contributed by atoms with van der Waals surface area (Å²) in [5.74, 6) is -2.43. The van der Waals surface area contributed by atoms with E-state index in [0.717, 1.165) is 69.2 Å². The Balaban J connectivity index is 1.09. The third-order valence-corrected chi connectivity index (χ3v) is 12.4. The van der Waals surface area contributed by atoms with E-state index in [1.165, 1.54) is 6.20 Å². The predicted octanol–water partition coefficient (Wildman–Crippen LogP) is 0.811. The highest BCUT2D eigenvalue weighted by Crippen LogP contribution is 2.53. The Kier molecular flexibility index (Phi) is 12.5. The molecule has 9 N–H and O–H groups in total. The van der Waals surface area contributed by atoms with E-state index in [2.05, 4.69) is 31.2 Å². The van der Waals surface area contributed by atoms with Crippen LogP contribution in [0.4, 0.5) is 4.79 Å². The molecule has 1 aromatic carbocycles. The molecule has 19 heteroatoms. The summed E-state index contributed by atoms with van der Waals surface area (Å²) < 4.78 is 7.01. The third kappa shape index (κ3) is 9.23. The van der Waals surface area contributed by atoms with E-state index in [4.69, 9.17) is 10.5 Å². The van der Waals surface area contributed by atoms with Crippen LogP contribution in [0.2, 0.25) is 0 Å². The second-order valence-corrected chi connectivity index (χ2v) is 18.2. The van der Waals surface area contributed by atoms with Crippen molar-refractivity contribution in [1.29, 1.82) is 0 Å². The van der Waals surface area contributed by atoms with Gasteiger partial charge in [-0.2, -0.15) is 0 Å². The van der Waals surface area contributed by atoms with Gasteiger partial charge in [-0.05, 0) is 42.7 Å². The zero-order valence-electron chi connectivity index (χ0n) is 35.1. The third-order valence-electron chi connectivity index (χ3n) is 12.4. The van der Waals surface area contributed by atoms with Crippen molar-refractivity contribution in [2.75, 3.05) is 19.6 Å². The number of ether oxygens (including phenoxy) is 1. The van der Waals surface area contributed by atoms with Crippen LogP contribution in [0.3, 0.4) is 0 Å².